The van der Waals surface area contributed by atoms with E-state index in [0.29, 0.717) is 51.9 Å². The Morgan fingerprint density at radius 1 is 0.900 bits per heavy atom. The van der Waals surface area contributed by atoms with Crippen molar-refractivity contribution in [2.24, 2.45) is 0 Å². The van der Waals surface area contributed by atoms with Crippen molar-refractivity contribution in [1.29, 1.82) is 0 Å². The number of hydrogen-bond acceptors (Lipinski definition) is 10. The second-order valence-electron chi connectivity index (χ2n) is 9.51. The molecule has 0 unspecified atom stereocenters. The van der Waals surface area contributed by atoms with Gasteiger partial charge in [-0.1, -0.05) is 0 Å². The predicted octanol–water partition coefficient (Wildman–Crippen LogP) is 5.58. The molecular formula is C26H46N2O10Si2. The summed E-state index contributed by atoms with van der Waals surface area (Å²) >= 11 is 0. The Hall–Kier alpha value is -2.37. The maximum atomic E-state index is 12.3. The Kier molecular flexibility index (Phi) is 16.8. The SMILES string of the molecule is CCO[Si](C)(C)CCCNC(=O)Oc1ccc([N+](=O)[O-])c(COC(=O)CCCC[Si](OCC)(OCC)OCC)c1. The Labute approximate surface area is 239 Å². The molecule has 0 aliphatic rings. The molecule has 14 heteroatoms. The van der Waals surface area contributed by atoms with Crippen LogP contribution in [0.3, 0.4) is 0 Å². The first-order valence-corrected chi connectivity index (χ1v) is 19.0. The van der Waals surface area contributed by atoms with Gasteiger partial charge in [-0.15, -0.1) is 0 Å². The van der Waals surface area contributed by atoms with Gasteiger partial charge in [-0.25, -0.2) is 4.79 Å². The van der Waals surface area contributed by atoms with Crippen LogP contribution < -0.4 is 10.1 Å². The van der Waals surface area contributed by atoms with Crippen LogP contribution in [0.4, 0.5) is 10.5 Å². The summed E-state index contributed by atoms with van der Waals surface area (Å²) in [6, 6.07) is 5.36. The van der Waals surface area contributed by atoms with Crippen LogP contribution in [0.25, 0.3) is 0 Å². The molecule has 0 aliphatic heterocycles. The number of benzene rings is 1. The quantitative estimate of drug-likeness (QED) is 0.0622. The number of carbonyl (C=O) groups excluding carboxylic acids is 2. The largest absolute Gasteiger partial charge is 0.500 e. The monoisotopic (exact) mass is 602 g/mol. The van der Waals surface area contributed by atoms with Crippen LogP contribution in [-0.2, 0) is 33.8 Å². The summed E-state index contributed by atoms with van der Waals surface area (Å²) in [5, 5.41) is 14.2. The summed E-state index contributed by atoms with van der Waals surface area (Å²) in [4.78, 5) is 35.4. The van der Waals surface area contributed by atoms with E-state index in [1.165, 1.54) is 18.2 Å². The Balaban J connectivity index is 2.61. The highest BCUT2D eigenvalue weighted by Gasteiger charge is 2.39. The zero-order chi connectivity index (χ0) is 30.0. The zero-order valence-electron chi connectivity index (χ0n) is 24.7. The van der Waals surface area contributed by atoms with Crippen molar-refractivity contribution in [1.82, 2.24) is 5.32 Å². The number of nitrogens with zero attached hydrogens (tertiary/aromatic N) is 1. The minimum atomic E-state index is -2.78. The molecule has 0 atom stereocenters. The molecule has 1 aromatic rings. The molecule has 0 heterocycles. The Morgan fingerprint density at radius 2 is 1.52 bits per heavy atom. The number of esters is 1. The maximum absolute atomic E-state index is 12.3. The summed E-state index contributed by atoms with van der Waals surface area (Å²) in [7, 11) is -4.51. The van der Waals surface area contributed by atoms with Crippen molar-refractivity contribution in [3.8, 4) is 5.75 Å². The van der Waals surface area contributed by atoms with Gasteiger partial charge in [-0.2, -0.15) is 0 Å². The van der Waals surface area contributed by atoms with Crippen LogP contribution in [0.15, 0.2) is 18.2 Å². The second kappa shape index (κ2) is 18.9. The predicted molar refractivity (Wildman–Crippen MR) is 155 cm³/mol. The van der Waals surface area contributed by atoms with Gasteiger partial charge in [0.25, 0.3) is 5.69 Å². The molecule has 1 N–H and O–H groups in total. The van der Waals surface area contributed by atoms with Gasteiger partial charge in [0.05, 0.1) is 10.5 Å². The molecule has 0 saturated heterocycles. The molecule has 1 amide bonds. The van der Waals surface area contributed by atoms with E-state index in [1.54, 1.807) is 0 Å². The lowest BCUT2D eigenvalue weighted by molar-refractivity contribution is -0.385. The van der Waals surface area contributed by atoms with Crippen molar-refractivity contribution >= 4 is 34.9 Å². The molecule has 0 radical (unpaired) electrons. The van der Waals surface area contributed by atoms with E-state index < -0.39 is 34.1 Å². The summed E-state index contributed by atoms with van der Waals surface area (Å²) in [6.45, 7) is 14.1. The van der Waals surface area contributed by atoms with Crippen LogP contribution in [0, 0.1) is 10.1 Å². The smallest absolute Gasteiger partial charge is 0.461 e. The third kappa shape index (κ3) is 13.8. The molecule has 0 aliphatic carbocycles. The van der Waals surface area contributed by atoms with Crippen molar-refractivity contribution in [3.63, 3.8) is 0 Å². The van der Waals surface area contributed by atoms with Gasteiger partial charge in [0, 0.05) is 51.5 Å². The first-order valence-electron chi connectivity index (χ1n) is 14.0. The fourth-order valence-electron chi connectivity index (χ4n) is 4.07. The molecule has 228 valence electrons. The van der Waals surface area contributed by atoms with Crippen molar-refractivity contribution in [2.75, 3.05) is 33.0 Å². The average molecular weight is 603 g/mol. The molecule has 1 rings (SSSR count). The van der Waals surface area contributed by atoms with Crippen LogP contribution in [0.2, 0.25) is 25.2 Å². The van der Waals surface area contributed by atoms with Crippen molar-refractivity contribution in [2.45, 2.75) is 85.2 Å². The summed E-state index contributed by atoms with van der Waals surface area (Å²) < 4.78 is 33.8. The molecule has 0 aromatic heterocycles. The minimum absolute atomic E-state index is 0.113. The summed E-state index contributed by atoms with van der Waals surface area (Å²) in [5.41, 5.74) is -0.104. The number of nitro benzene ring substituents is 1. The maximum Gasteiger partial charge on any atom is 0.500 e. The van der Waals surface area contributed by atoms with E-state index in [9.17, 15) is 19.7 Å². The van der Waals surface area contributed by atoms with Gasteiger partial charge >= 0.3 is 20.9 Å². The molecule has 0 fully saturated rings. The summed E-state index contributed by atoms with van der Waals surface area (Å²) in [6.07, 6.45) is 1.38. The minimum Gasteiger partial charge on any atom is -0.461 e. The van der Waals surface area contributed by atoms with E-state index in [4.69, 9.17) is 27.2 Å². The first kappa shape index (κ1) is 35.7. The lowest BCUT2D eigenvalue weighted by Crippen LogP contribution is -2.45. The van der Waals surface area contributed by atoms with E-state index in [0.717, 1.165) is 12.5 Å². The van der Waals surface area contributed by atoms with Crippen molar-refractivity contribution < 1.29 is 41.7 Å². The number of nitro groups is 1. The first-order chi connectivity index (χ1) is 19.0. The fourth-order valence-corrected chi connectivity index (χ4v) is 8.71. The van der Waals surface area contributed by atoms with E-state index in [2.05, 4.69) is 18.4 Å². The Morgan fingerprint density at radius 3 is 2.10 bits per heavy atom. The fraction of sp³-hybridized carbons (Fsp3) is 0.692. The second-order valence-corrected chi connectivity index (χ2v) is 16.6. The number of ether oxygens (including phenoxy) is 2. The standard InChI is InChI=1S/C26H46N2O10Si2/c1-7-34-39(5,6)18-13-17-27-26(30)38-23-15-16-24(28(31)32)22(20-23)21-33-25(29)14-11-12-19-40(35-8-2,36-9-3)37-10-4/h15-16,20H,7-14,17-19,21H2,1-6H3,(H,27,30). The number of unbranched alkanes of at least 4 members (excludes halogenated alkanes) is 1. The molecule has 0 saturated carbocycles. The van der Waals surface area contributed by atoms with E-state index in [1.807, 2.05) is 27.7 Å². The molecular weight excluding hydrogens is 556 g/mol. The molecule has 12 nitrogen and oxygen atoms in total. The van der Waals surface area contributed by atoms with Crippen molar-refractivity contribution in [3.05, 3.63) is 33.9 Å². The Bertz CT molecular complexity index is 916. The van der Waals surface area contributed by atoms with Crippen LogP contribution in [-0.4, -0.2) is 67.1 Å². The molecule has 0 spiro atoms. The summed E-state index contributed by atoms with van der Waals surface area (Å²) in [5.74, 6) is -0.379. The van der Waals surface area contributed by atoms with Gasteiger partial charge in [-0.3, -0.25) is 14.9 Å². The van der Waals surface area contributed by atoms with Crippen LogP contribution in [0.1, 0.15) is 58.9 Å². The van der Waals surface area contributed by atoms with Crippen LogP contribution in [0.5, 0.6) is 5.75 Å². The third-order valence-electron chi connectivity index (χ3n) is 5.81. The normalized spacial score (nSPS) is 11.8. The molecule has 0 bridgehead atoms. The lowest BCUT2D eigenvalue weighted by atomic mass is 10.2. The zero-order valence-corrected chi connectivity index (χ0v) is 26.7. The number of nitrogens with one attached hydrogen (secondary N) is 1. The highest BCUT2D eigenvalue weighted by atomic mass is 28.4. The highest BCUT2D eigenvalue weighted by Crippen LogP contribution is 2.26. The van der Waals surface area contributed by atoms with Gasteiger partial charge in [-0.05, 0) is 78.2 Å². The number of rotatable bonds is 21. The molecule has 1 aromatic carbocycles. The van der Waals surface area contributed by atoms with Gasteiger partial charge in [0.2, 0.25) is 0 Å². The number of carbonyl (C=O) groups is 2. The van der Waals surface area contributed by atoms with Gasteiger partial charge in [0.15, 0.2) is 8.32 Å². The average Bonchev–Trinajstić information content (AvgIpc) is 2.88. The topological polar surface area (TPSA) is 145 Å². The van der Waals surface area contributed by atoms with E-state index in [-0.39, 0.29) is 30.0 Å². The number of hydrogen-bond donors (Lipinski definition) is 1. The number of amides is 1. The third-order valence-corrected chi connectivity index (χ3v) is 11.6. The van der Waals surface area contributed by atoms with Crippen LogP contribution >= 0.6 is 0 Å². The lowest BCUT2D eigenvalue weighted by Gasteiger charge is -2.28. The van der Waals surface area contributed by atoms with E-state index >= 15 is 0 Å². The molecule has 40 heavy (non-hydrogen) atoms. The van der Waals surface area contributed by atoms with Gasteiger partial charge < -0.3 is 32.5 Å². The highest BCUT2D eigenvalue weighted by molar-refractivity contribution is 6.71. The van der Waals surface area contributed by atoms with Gasteiger partial charge in [0.1, 0.15) is 12.4 Å².